The number of rotatable bonds is 5. The number of nitrogens with zero attached hydrogens (tertiary/aromatic N) is 1. The van der Waals surface area contributed by atoms with Gasteiger partial charge in [0.2, 0.25) is 5.91 Å². The summed E-state index contributed by atoms with van der Waals surface area (Å²) < 4.78 is 5.64. The molecular weight excluding hydrogens is 258 g/mol. The normalized spacial score (nSPS) is 17.0. The molecule has 0 unspecified atom stereocenters. The summed E-state index contributed by atoms with van der Waals surface area (Å²) in [6.07, 6.45) is 0.775. The van der Waals surface area contributed by atoms with Gasteiger partial charge >= 0.3 is 0 Å². The third kappa shape index (κ3) is 4.46. The van der Waals surface area contributed by atoms with Crippen molar-refractivity contribution in [1.82, 2.24) is 4.90 Å². The van der Waals surface area contributed by atoms with E-state index in [1.807, 2.05) is 53.9 Å². The maximum absolute atomic E-state index is 12.2. The molecule has 1 amide bonds. The van der Waals surface area contributed by atoms with Gasteiger partial charge in [0.15, 0.2) is 0 Å². The summed E-state index contributed by atoms with van der Waals surface area (Å²) in [4.78, 5) is 14.2. The van der Waals surface area contributed by atoms with Gasteiger partial charge in [-0.05, 0) is 18.6 Å². The van der Waals surface area contributed by atoms with Crippen molar-refractivity contribution in [3.63, 3.8) is 0 Å². The van der Waals surface area contributed by atoms with E-state index in [4.69, 9.17) is 4.74 Å². The SMILES string of the molecule is C[C@@H](CCOc1ccccc1)C(=O)N1CCSCC1. The molecule has 1 aliphatic rings. The monoisotopic (exact) mass is 279 g/mol. The highest BCUT2D eigenvalue weighted by atomic mass is 32.2. The molecule has 3 nitrogen and oxygen atoms in total. The second-order valence-electron chi connectivity index (χ2n) is 4.79. The molecule has 0 aromatic heterocycles. The Hall–Kier alpha value is -1.16. The maximum atomic E-state index is 12.2. The molecule has 104 valence electrons. The molecule has 1 fully saturated rings. The van der Waals surface area contributed by atoms with Crippen LogP contribution in [-0.4, -0.2) is 42.0 Å². The van der Waals surface area contributed by atoms with E-state index in [0.29, 0.717) is 6.61 Å². The number of hydrogen-bond acceptors (Lipinski definition) is 3. The van der Waals surface area contributed by atoms with Gasteiger partial charge in [-0.1, -0.05) is 25.1 Å². The number of thioether (sulfide) groups is 1. The quantitative estimate of drug-likeness (QED) is 0.830. The summed E-state index contributed by atoms with van der Waals surface area (Å²) in [6.45, 7) is 4.39. The zero-order valence-electron chi connectivity index (χ0n) is 11.4. The number of benzene rings is 1. The summed E-state index contributed by atoms with van der Waals surface area (Å²) >= 11 is 1.92. The third-order valence-corrected chi connectivity index (χ3v) is 4.25. The molecule has 0 saturated carbocycles. The fourth-order valence-corrected chi connectivity index (χ4v) is 2.99. The largest absolute Gasteiger partial charge is 0.494 e. The Kier molecular flexibility index (Phi) is 5.58. The Bertz CT molecular complexity index is 390. The number of carbonyl (C=O) groups is 1. The molecule has 1 atom stereocenters. The van der Waals surface area contributed by atoms with E-state index in [1.54, 1.807) is 0 Å². The van der Waals surface area contributed by atoms with Crippen molar-refractivity contribution in [2.45, 2.75) is 13.3 Å². The second kappa shape index (κ2) is 7.43. The number of carbonyl (C=O) groups excluding carboxylic acids is 1. The summed E-state index contributed by atoms with van der Waals surface area (Å²) in [5.74, 6) is 3.33. The van der Waals surface area contributed by atoms with E-state index < -0.39 is 0 Å². The van der Waals surface area contributed by atoms with Crippen LogP contribution in [0.1, 0.15) is 13.3 Å². The number of para-hydroxylation sites is 1. The van der Waals surface area contributed by atoms with E-state index in [-0.39, 0.29) is 11.8 Å². The summed E-state index contributed by atoms with van der Waals surface area (Å²) in [7, 11) is 0. The molecule has 4 heteroatoms. The molecule has 0 radical (unpaired) electrons. The van der Waals surface area contributed by atoms with Crippen molar-refractivity contribution in [2.75, 3.05) is 31.2 Å². The van der Waals surface area contributed by atoms with Crippen molar-refractivity contribution in [2.24, 2.45) is 5.92 Å². The lowest BCUT2D eigenvalue weighted by Gasteiger charge is -2.29. The summed E-state index contributed by atoms with van der Waals surface area (Å²) in [5, 5.41) is 0. The van der Waals surface area contributed by atoms with E-state index >= 15 is 0 Å². The minimum Gasteiger partial charge on any atom is -0.494 e. The molecule has 1 heterocycles. The van der Waals surface area contributed by atoms with Gasteiger partial charge in [0.1, 0.15) is 5.75 Å². The van der Waals surface area contributed by atoms with Gasteiger partial charge in [0, 0.05) is 30.5 Å². The van der Waals surface area contributed by atoms with Crippen molar-refractivity contribution in [3.8, 4) is 5.75 Å². The third-order valence-electron chi connectivity index (χ3n) is 3.31. The molecule has 19 heavy (non-hydrogen) atoms. The summed E-state index contributed by atoms with van der Waals surface area (Å²) in [5.41, 5.74) is 0. The lowest BCUT2D eigenvalue weighted by Crippen LogP contribution is -2.41. The van der Waals surface area contributed by atoms with Crippen LogP contribution in [0.15, 0.2) is 30.3 Å². The van der Waals surface area contributed by atoms with Crippen LogP contribution in [0.5, 0.6) is 5.75 Å². The molecule has 0 N–H and O–H groups in total. The molecule has 0 spiro atoms. The topological polar surface area (TPSA) is 29.5 Å². The van der Waals surface area contributed by atoms with Gasteiger partial charge in [-0.3, -0.25) is 4.79 Å². The highest BCUT2D eigenvalue weighted by Gasteiger charge is 2.21. The minimum atomic E-state index is 0.0480. The van der Waals surface area contributed by atoms with Gasteiger partial charge < -0.3 is 9.64 Å². The van der Waals surface area contributed by atoms with Crippen LogP contribution in [0.2, 0.25) is 0 Å². The van der Waals surface area contributed by atoms with Crippen LogP contribution in [0, 0.1) is 5.92 Å². The molecule has 0 aliphatic carbocycles. The first-order chi connectivity index (χ1) is 9.27. The van der Waals surface area contributed by atoms with Crippen molar-refractivity contribution in [1.29, 1.82) is 0 Å². The van der Waals surface area contributed by atoms with Crippen molar-refractivity contribution < 1.29 is 9.53 Å². The van der Waals surface area contributed by atoms with Gasteiger partial charge in [-0.15, -0.1) is 0 Å². The summed E-state index contributed by atoms with van der Waals surface area (Å²) in [6, 6.07) is 9.75. The Balaban J connectivity index is 1.71. The number of hydrogen-bond donors (Lipinski definition) is 0. The highest BCUT2D eigenvalue weighted by molar-refractivity contribution is 7.99. The van der Waals surface area contributed by atoms with E-state index in [2.05, 4.69) is 0 Å². The van der Waals surface area contributed by atoms with Gasteiger partial charge in [-0.25, -0.2) is 0 Å². The van der Waals surface area contributed by atoms with Gasteiger partial charge in [0.05, 0.1) is 6.61 Å². The Morgan fingerprint density at radius 1 is 1.32 bits per heavy atom. The smallest absolute Gasteiger partial charge is 0.225 e. The predicted molar refractivity (Wildman–Crippen MR) is 79.6 cm³/mol. The average Bonchev–Trinajstić information content (AvgIpc) is 2.48. The van der Waals surface area contributed by atoms with Crippen LogP contribution >= 0.6 is 11.8 Å². The van der Waals surface area contributed by atoms with E-state index in [9.17, 15) is 4.79 Å². The molecule has 1 saturated heterocycles. The van der Waals surface area contributed by atoms with Crippen LogP contribution in [-0.2, 0) is 4.79 Å². The molecule has 0 bridgehead atoms. The fourth-order valence-electron chi connectivity index (χ4n) is 2.09. The highest BCUT2D eigenvalue weighted by Crippen LogP contribution is 2.15. The van der Waals surface area contributed by atoms with Crippen LogP contribution < -0.4 is 4.74 Å². The fraction of sp³-hybridized carbons (Fsp3) is 0.533. The first-order valence-corrected chi connectivity index (χ1v) is 7.97. The minimum absolute atomic E-state index is 0.0480. The van der Waals surface area contributed by atoms with Crippen molar-refractivity contribution >= 4 is 17.7 Å². The Morgan fingerprint density at radius 3 is 2.68 bits per heavy atom. The van der Waals surface area contributed by atoms with Gasteiger partial charge in [-0.2, -0.15) is 11.8 Å². The van der Waals surface area contributed by atoms with Crippen LogP contribution in [0.3, 0.4) is 0 Å². The standard InChI is InChI=1S/C15H21NO2S/c1-13(15(17)16-8-11-19-12-9-16)7-10-18-14-5-3-2-4-6-14/h2-6,13H,7-12H2,1H3/t13-/m0/s1. The lowest BCUT2D eigenvalue weighted by molar-refractivity contribution is -0.135. The second-order valence-corrected chi connectivity index (χ2v) is 6.01. The predicted octanol–water partition coefficient (Wildman–Crippen LogP) is 2.67. The molecule has 1 aromatic carbocycles. The molecular formula is C15H21NO2S. The lowest BCUT2D eigenvalue weighted by atomic mass is 10.1. The van der Waals surface area contributed by atoms with Crippen LogP contribution in [0.4, 0.5) is 0 Å². The molecule has 1 aromatic rings. The number of amides is 1. The van der Waals surface area contributed by atoms with Crippen molar-refractivity contribution in [3.05, 3.63) is 30.3 Å². The molecule has 1 aliphatic heterocycles. The zero-order valence-corrected chi connectivity index (χ0v) is 12.2. The Morgan fingerprint density at radius 2 is 2.00 bits per heavy atom. The van der Waals surface area contributed by atoms with E-state index in [1.165, 1.54) is 0 Å². The average molecular weight is 279 g/mol. The zero-order chi connectivity index (χ0) is 13.5. The van der Waals surface area contributed by atoms with Gasteiger partial charge in [0.25, 0.3) is 0 Å². The number of ether oxygens (including phenoxy) is 1. The first kappa shape index (κ1) is 14.3. The Labute approximate surface area is 119 Å². The van der Waals surface area contributed by atoms with E-state index in [0.717, 1.165) is 36.8 Å². The molecule has 2 rings (SSSR count). The maximum Gasteiger partial charge on any atom is 0.225 e. The first-order valence-electron chi connectivity index (χ1n) is 6.82. The van der Waals surface area contributed by atoms with Crippen LogP contribution in [0.25, 0.3) is 0 Å².